The maximum atomic E-state index is 14.1. The number of thiophene rings is 1. The molecule has 0 radical (unpaired) electrons. The van der Waals surface area contributed by atoms with Gasteiger partial charge in [0.25, 0.3) is 0 Å². The van der Waals surface area contributed by atoms with Crippen molar-refractivity contribution in [2.45, 2.75) is 20.0 Å². The molecule has 2 rings (SSSR count). The van der Waals surface area contributed by atoms with E-state index in [4.69, 9.17) is 0 Å². The Morgan fingerprint density at radius 3 is 2.84 bits per heavy atom. The Balaban J connectivity index is 2.21. The lowest BCUT2D eigenvalue weighted by atomic mass is 10.1. The van der Waals surface area contributed by atoms with Crippen LogP contribution in [-0.4, -0.2) is 13.6 Å². The minimum absolute atomic E-state index is 0.159. The summed E-state index contributed by atoms with van der Waals surface area (Å²) >= 11 is 1.67. The van der Waals surface area contributed by atoms with Gasteiger partial charge in [-0.2, -0.15) is 11.3 Å². The fourth-order valence-electron chi connectivity index (χ4n) is 2.13. The maximum absolute atomic E-state index is 14.1. The number of nitrogens with zero attached hydrogens (tertiary/aromatic N) is 1. The molecular weight excluding hydrogens is 259 g/mol. The second-order valence-electron chi connectivity index (χ2n) is 4.52. The molecule has 0 spiro atoms. The summed E-state index contributed by atoms with van der Waals surface area (Å²) in [7, 11) is 1.94. The molecule has 0 fully saturated rings. The zero-order chi connectivity index (χ0) is 13.7. The zero-order valence-corrected chi connectivity index (χ0v) is 12.1. The fourth-order valence-corrected chi connectivity index (χ4v) is 2.79. The van der Waals surface area contributed by atoms with Gasteiger partial charge >= 0.3 is 0 Å². The molecule has 0 saturated heterocycles. The summed E-state index contributed by atoms with van der Waals surface area (Å²) in [5.41, 5.74) is 2.90. The Labute approximate surface area is 117 Å². The Morgan fingerprint density at radius 1 is 1.32 bits per heavy atom. The van der Waals surface area contributed by atoms with E-state index in [1.807, 2.05) is 30.3 Å². The van der Waals surface area contributed by atoms with Crippen molar-refractivity contribution >= 4 is 17.0 Å². The Bertz CT molecular complexity index is 511. The highest BCUT2D eigenvalue weighted by atomic mass is 32.1. The van der Waals surface area contributed by atoms with E-state index in [1.165, 1.54) is 11.6 Å². The van der Waals surface area contributed by atoms with Gasteiger partial charge in [-0.05, 0) is 40.6 Å². The summed E-state index contributed by atoms with van der Waals surface area (Å²) in [6.07, 6.45) is 0. The first-order valence-corrected chi connectivity index (χ1v) is 7.37. The molecule has 1 N–H and O–H groups in total. The quantitative estimate of drug-likeness (QED) is 0.868. The number of nitrogens with one attached hydrogen (secondary N) is 1. The third-order valence-electron chi connectivity index (χ3n) is 3.02. The maximum Gasteiger partial charge on any atom is 0.146 e. The van der Waals surface area contributed by atoms with Crippen LogP contribution in [0.4, 0.5) is 10.1 Å². The predicted octanol–water partition coefficient (Wildman–Crippen LogP) is 3.63. The molecule has 2 aromatic rings. The normalized spacial score (nSPS) is 10.7. The minimum Gasteiger partial charge on any atom is -0.368 e. The van der Waals surface area contributed by atoms with Gasteiger partial charge in [0.2, 0.25) is 0 Å². The van der Waals surface area contributed by atoms with Gasteiger partial charge in [-0.3, -0.25) is 0 Å². The Kier molecular flexibility index (Phi) is 4.93. The number of rotatable bonds is 6. The van der Waals surface area contributed by atoms with Crippen LogP contribution in [0.15, 0.2) is 35.0 Å². The molecule has 0 saturated carbocycles. The number of hydrogen-bond acceptors (Lipinski definition) is 3. The minimum atomic E-state index is -0.159. The summed E-state index contributed by atoms with van der Waals surface area (Å²) in [5, 5.41) is 7.40. The Morgan fingerprint density at radius 2 is 2.16 bits per heavy atom. The van der Waals surface area contributed by atoms with Gasteiger partial charge in [-0.25, -0.2) is 4.39 Å². The number of hydrogen-bond donors (Lipinski definition) is 1. The van der Waals surface area contributed by atoms with Crippen LogP contribution in [-0.2, 0) is 13.1 Å². The smallest absolute Gasteiger partial charge is 0.146 e. The first-order chi connectivity index (χ1) is 9.22. The Hall–Kier alpha value is -1.39. The highest BCUT2D eigenvalue weighted by Gasteiger charge is 2.13. The lowest BCUT2D eigenvalue weighted by Crippen LogP contribution is -2.21. The second kappa shape index (κ2) is 6.68. The van der Waals surface area contributed by atoms with E-state index in [-0.39, 0.29) is 5.82 Å². The summed E-state index contributed by atoms with van der Waals surface area (Å²) in [6, 6.07) is 7.34. The topological polar surface area (TPSA) is 15.3 Å². The van der Waals surface area contributed by atoms with Crippen molar-refractivity contribution in [3.05, 3.63) is 52.0 Å². The van der Waals surface area contributed by atoms with E-state index in [0.29, 0.717) is 12.2 Å². The van der Waals surface area contributed by atoms with Crippen LogP contribution in [0.5, 0.6) is 0 Å². The van der Waals surface area contributed by atoms with E-state index < -0.39 is 0 Å². The van der Waals surface area contributed by atoms with Gasteiger partial charge in [-0.15, -0.1) is 0 Å². The van der Waals surface area contributed by atoms with Crippen LogP contribution in [0.2, 0.25) is 0 Å². The lowest BCUT2D eigenvalue weighted by molar-refractivity contribution is 0.615. The van der Waals surface area contributed by atoms with E-state index >= 15 is 0 Å². The summed E-state index contributed by atoms with van der Waals surface area (Å²) in [4.78, 5) is 1.98. The van der Waals surface area contributed by atoms with Crippen molar-refractivity contribution in [3.8, 4) is 0 Å². The average Bonchev–Trinajstić information content (AvgIpc) is 2.89. The van der Waals surface area contributed by atoms with Crippen molar-refractivity contribution < 1.29 is 4.39 Å². The van der Waals surface area contributed by atoms with Crippen molar-refractivity contribution in [3.63, 3.8) is 0 Å². The predicted molar refractivity (Wildman–Crippen MR) is 80.2 cm³/mol. The molecule has 0 atom stereocenters. The number of anilines is 1. The van der Waals surface area contributed by atoms with Crippen LogP contribution >= 0.6 is 11.3 Å². The van der Waals surface area contributed by atoms with Crippen molar-refractivity contribution in [1.29, 1.82) is 0 Å². The SMILES string of the molecule is CCNCc1cccc(F)c1N(C)Cc1ccsc1. The van der Waals surface area contributed by atoms with Crippen molar-refractivity contribution in [2.24, 2.45) is 0 Å². The monoisotopic (exact) mass is 278 g/mol. The van der Waals surface area contributed by atoms with E-state index in [9.17, 15) is 4.39 Å². The molecule has 4 heteroatoms. The van der Waals surface area contributed by atoms with Gasteiger partial charge in [0.05, 0.1) is 5.69 Å². The van der Waals surface area contributed by atoms with E-state index in [1.54, 1.807) is 17.4 Å². The van der Waals surface area contributed by atoms with Crippen LogP contribution < -0.4 is 10.2 Å². The molecule has 0 amide bonds. The van der Waals surface area contributed by atoms with Gasteiger partial charge in [0, 0.05) is 20.1 Å². The number of para-hydroxylation sites is 1. The highest BCUT2D eigenvalue weighted by molar-refractivity contribution is 7.07. The molecule has 0 aliphatic rings. The second-order valence-corrected chi connectivity index (χ2v) is 5.30. The lowest BCUT2D eigenvalue weighted by Gasteiger charge is -2.23. The van der Waals surface area contributed by atoms with Crippen LogP contribution in [0.3, 0.4) is 0 Å². The molecule has 0 bridgehead atoms. The van der Waals surface area contributed by atoms with Gasteiger partial charge in [0.1, 0.15) is 5.82 Å². The van der Waals surface area contributed by atoms with Crippen LogP contribution in [0.1, 0.15) is 18.1 Å². The van der Waals surface area contributed by atoms with Gasteiger partial charge in [-0.1, -0.05) is 19.1 Å². The van der Waals surface area contributed by atoms with Crippen molar-refractivity contribution in [1.82, 2.24) is 5.32 Å². The third kappa shape index (κ3) is 3.55. The summed E-state index contributed by atoms with van der Waals surface area (Å²) in [6.45, 7) is 4.35. The zero-order valence-electron chi connectivity index (χ0n) is 11.3. The van der Waals surface area contributed by atoms with Gasteiger partial charge in [0.15, 0.2) is 0 Å². The standard InChI is InChI=1S/C15H19FN2S/c1-3-17-9-13-5-4-6-14(16)15(13)18(2)10-12-7-8-19-11-12/h4-8,11,17H,3,9-10H2,1-2H3. The van der Waals surface area contributed by atoms with Crippen LogP contribution in [0, 0.1) is 5.82 Å². The molecule has 0 aliphatic heterocycles. The largest absolute Gasteiger partial charge is 0.368 e. The highest BCUT2D eigenvalue weighted by Crippen LogP contribution is 2.25. The molecule has 1 aromatic heterocycles. The van der Waals surface area contributed by atoms with E-state index in [0.717, 1.165) is 18.7 Å². The molecule has 0 unspecified atom stereocenters. The fraction of sp³-hybridized carbons (Fsp3) is 0.333. The van der Waals surface area contributed by atoms with E-state index in [2.05, 4.69) is 16.8 Å². The molecular formula is C15H19FN2S. The molecule has 2 nitrogen and oxygen atoms in total. The van der Waals surface area contributed by atoms with Crippen LogP contribution in [0.25, 0.3) is 0 Å². The first-order valence-electron chi connectivity index (χ1n) is 6.42. The van der Waals surface area contributed by atoms with Crippen molar-refractivity contribution in [2.75, 3.05) is 18.5 Å². The van der Waals surface area contributed by atoms with Gasteiger partial charge < -0.3 is 10.2 Å². The summed E-state index contributed by atoms with van der Waals surface area (Å²) in [5.74, 6) is -0.159. The number of benzene rings is 1. The third-order valence-corrected chi connectivity index (χ3v) is 3.75. The molecule has 1 heterocycles. The number of halogens is 1. The average molecular weight is 278 g/mol. The molecule has 102 valence electrons. The first kappa shape index (κ1) is 14.0. The molecule has 0 aliphatic carbocycles. The molecule has 1 aromatic carbocycles. The summed E-state index contributed by atoms with van der Waals surface area (Å²) < 4.78 is 14.1. The molecule has 19 heavy (non-hydrogen) atoms.